The molecule has 0 aliphatic heterocycles. The van der Waals surface area contributed by atoms with Crippen LogP contribution >= 0.6 is 0 Å². The van der Waals surface area contributed by atoms with E-state index in [1.54, 1.807) is 0 Å². The molecule has 0 aliphatic rings. The van der Waals surface area contributed by atoms with Gasteiger partial charge in [-0.1, -0.05) is 97.3 Å². The quantitative estimate of drug-likeness (QED) is 0.265. The van der Waals surface area contributed by atoms with Crippen LogP contribution in [-0.4, -0.2) is 6.04 Å². The molecule has 0 aliphatic carbocycles. The molecule has 2 nitrogen and oxygen atoms in total. The number of hydrogen-bond acceptors (Lipinski definition) is 2. The van der Waals surface area contributed by atoms with Crippen LogP contribution in [0.3, 0.4) is 0 Å². The van der Waals surface area contributed by atoms with E-state index in [9.17, 15) is 5.21 Å². The summed E-state index contributed by atoms with van der Waals surface area (Å²) < 4.78 is 0. The fourth-order valence-corrected chi connectivity index (χ4v) is 2.75. The lowest BCUT2D eigenvalue weighted by molar-refractivity contribution is 0.480. The predicted octanol–water partition coefficient (Wildman–Crippen LogP) is 6.33. The van der Waals surface area contributed by atoms with E-state index in [4.69, 9.17) is 0 Å². The fraction of sp³-hybridized carbons (Fsp3) is 1.00. The zero-order valence-electron chi connectivity index (χ0n) is 14.1. The molecule has 1 N–H and O–H groups in total. The molecule has 0 heterocycles. The van der Waals surface area contributed by atoms with Gasteiger partial charge in [-0.2, -0.15) is 0 Å². The molecule has 20 heavy (non-hydrogen) atoms. The summed E-state index contributed by atoms with van der Waals surface area (Å²) in [5, 5.41) is 10.6. The lowest BCUT2D eigenvalue weighted by atomic mass is 10.0. The first-order chi connectivity index (χ1) is 9.85. The van der Waals surface area contributed by atoms with Gasteiger partial charge in [0.25, 0.3) is 0 Å². The van der Waals surface area contributed by atoms with E-state index in [1.807, 2.05) is 0 Å². The summed E-state index contributed by atoms with van der Waals surface area (Å²) in [4.78, 5) is 0. The van der Waals surface area contributed by atoms with E-state index in [2.05, 4.69) is 19.3 Å². The topological polar surface area (TPSA) is 35.1 Å². The third-order valence-electron chi connectivity index (χ3n) is 4.32. The predicted molar refractivity (Wildman–Crippen MR) is 90.9 cm³/mol. The molecule has 122 valence electrons. The second-order valence-electron chi connectivity index (χ2n) is 6.25. The molecule has 0 radical (unpaired) electrons. The van der Waals surface area contributed by atoms with Crippen LogP contribution in [0.5, 0.6) is 0 Å². The monoisotopic (exact) mass is 284 g/mol. The number of nitrogens with one attached hydrogen (secondary N) is 1. The Labute approximate surface area is 127 Å². The standard InChI is InChI=1S/C18H38NO/c1-3-5-6-7-8-9-10-11-12-13-14-15-16-17-18(4-2)19-20/h18-19H,3-17H2,1-2H3/q-1. The minimum Gasteiger partial charge on any atom is -0.788 e. The smallest absolute Gasteiger partial charge is 0.00536 e. The zero-order chi connectivity index (χ0) is 14.9. The van der Waals surface area contributed by atoms with Crippen molar-refractivity contribution in [1.82, 2.24) is 5.48 Å². The van der Waals surface area contributed by atoms with Crippen molar-refractivity contribution in [2.24, 2.45) is 0 Å². The molecule has 0 aromatic rings. The SMILES string of the molecule is CCCCCCCCCCCCCCCC(CC)N[O-]. The van der Waals surface area contributed by atoms with Gasteiger partial charge in [-0.15, -0.1) is 0 Å². The average Bonchev–Trinajstić information content (AvgIpc) is 2.48. The summed E-state index contributed by atoms with van der Waals surface area (Å²) in [6, 6.07) is 0.197. The summed E-state index contributed by atoms with van der Waals surface area (Å²) in [5.74, 6) is 0. The van der Waals surface area contributed by atoms with Crippen LogP contribution in [0.25, 0.3) is 0 Å². The van der Waals surface area contributed by atoms with Crippen molar-refractivity contribution < 1.29 is 0 Å². The van der Waals surface area contributed by atoms with Crippen LogP contribution in [-0.2, 0) is 0 Å². The second kappa shape index (κ2) is 17.0. The molecule has 0 amide bonds. The van der Waals surface area contributed by atoms with Crippen molar-refractivity contribution in [1.29, 1.82) is 0 Å². The maximum absolute atomic E-state index is 10.6. The van der Waals surface area contributed by atoms with Crippen molar-refractivity contribution in [3.8, 4) is 0 Å². The molecule has 0 saturated carbocycles. The van der Waals surface area contributed by atoms with E-state index in [0.29, 0.717) is 0 Å². The van der Waals surface area contributed by atoms with E-state index >= 15 is 0 Å². The van der Waals surface area contributed by atoms with E-state index in [1.165, 1.54) is 83.5 Å². The van der Waals surface area contributed by atoms with Gasteiger partial charge in [-0.3, -0.25) is 0 Å². The van der Waals surface area contributed by atoms with Crippen LogP contribution in [0, 0.1) is 5.21 Å². The Bertz CT molecular complexity index is 169. The zero-order valence-corrected chi connectivity index (χ0v) is 14.1. The normalized spacial score (nSPS) is 12.8. The Morgan fingerprint density at radius 1 is 0.650 bits per heavy atom. The summed E-state index contributed by atoms with van der Waals surface area (Å²) in [7, 11) is 0. The van der Waals surface area contributed by atoms with Crippen LogP contribution in [0.15, 0.2) is 0 Å². The molecule has 0 fully saturated rings. The molecule has 0 aromatic carbocycles. The molecular formula is C18H38NO-. The highest BCUT2D eigenvalue weighted by Gasteiger charge is 1.99. The third kappa shape index (κ3) is 14.3. The van der Waals surface area contributed by atoms with Gasteiger partial charge in [0.05, 0.1) is 0 Å². The van der Waals surface area contributed by atoms with Gasteiger partial charge in [-0.25, -0.2) is 0 Å². The maximum Gasteiger partial charge on any atom is -0.00536 e. The van der Waals surface area contributed by atoms with Crippen LogP contribution in [0.2, 0.25) is 0 Å². The molecule has 0 aromatic heterocycles. The first-order valence-corrected chi connectivity index (χ1v) is 9.22. The lowest BCUT2D eigenvalue weighted by Crippen LogP contribution is -2.22. The Hall–Kier alpha value is -0.0800. The van der Waals surface area contributed by atoms with Crippen molar-refractivity contribution in [3.05, 3.63) is 5.21 Å². The number of hydrogen-bond donors (Lipinski definition) is 1. The van der Waals surface area contributed by atoms with Crippen LogP contribution in [0.1, 0.15) is 110 Å². The van der Waals surface area contributed by atoms with Crippen LogP contribution < -0.4 is 5.48 Å². The number of unbranched alkanes of at least 4 members (excludes halogenated alkanes) is 12. The van der Waals surface area contributed by atoms with Gasteiger partial charge in [0.15, 0.2) is 0 Å². The fourth-order valence-electron chi connectivity index (χ4n) is 2.75. The highest BCUT2D eigenvalue weighted by Crippen LogP contribution is 2.13. The highest BCUT2D eigenvalue weighted by molar-refractivity contribution is 4.64. The molecule has 0 saturated heterocycles. The second-order valence-corrected chi connectivity index (χ2v) is 6.25. The van der Waals surface area contributed by atoms with E-state index in [-0.39, 0.29) is 6.04 Å². The molecule has 0 spiro atoms. The van der Waals surface area contributed by atoms with Gasteiger partial charge < -0.3 is 10.7 Å². The van der Waals surface area contributed by atoms with Crippen molar-refractivity contribution in [2.75, 3.05) is 0 Å². The Morgan fingerprint density at radius 3 is 1.40 bits per heavy atom. The van der Waals surface area contributed by atoms with Gasteiger partial charge in [-0.05, 0) is 18.9 Å². The maximum atomic E-state index is 10.6. The minimum atomic E-state index is 0.197. The molecular weight excluding hydrogens is 246 g/mol. The first-order valence-electron chi connectivity index (χ1n) is 9.22. The number of hydroxylamine groups is 1. The summed E-state index contributed by atoms with van der Waals surface area (Å²) in [6.07, 6.45) is 20.1. The molecule has 0 bridgehead atoms. The molecule has 1 unspecified atom stereocenters. The van der Waals surface area contributed by atoms with Crippen molar-refractivity contribution in [2.45, 2.75) is 116 Å². The van der Waals surface area contributed by atoms with Crippen molar-refractivity contribution >= 4 is 0 Å². The Balaban J connectivity index is 3.02. The summed E-state index contributed by atoms with van der Waals surface area (Å²) >= 11 is 0. The lowest BCUT2D eigenvalue weighted by Gasteiger charge is -2.20. The van der Waals surface area contributed by atoms with E-state index in [0.717, 1.165) is 12.8 Å². The third-order valence-corrected chi connectivity index (χ3v) is 4.32. The van der Waals surface area contributed by atoms with Crippen LogP contribution in [0.4, 0.5) is 0 Å². The highest BCUT2D eigenvalue weighted by atomic mass is 16.5. The minimum absolute atomic E-state index is 0.197. The largest absolute Gasteiger partial charge is 0.788 e. The van der Waals surface area contributed by atoms with Gasteiger partial charge in [0.1, 0.15) is 0 Å². The first kappa shape index (κ1) is 19.9. The van der Waals surface area contributed by atoms with Gasteiger partial charge in [0, 0.05) is 0 Å². The summed E-state index contributed by atoms with van der Waals surface area (Å²) in [6.45, 7) is 4.36. The number of rotatable bonds is 16. The molecule has 2 heteroatoms. The summed E-state index contributed by atoms with van der Waals surface area (Å²) in [5.41, 5.74) is 2.15. The molecule has 1 atom stereocenters. The van der Waals surface area contributed by atoms with E-state index < -0.39 is 0 Å². The van der Waals surface area contributed by atoms with Crippen molar-refractivity contribution in [3.63, 3.8) is 0 Å². The molecule has 0 rings (SSSR count). The Kier molecular flexibility index (Phi) is 16.9. The van der Waals surface area contributed by atoms with Gasteiger partial charge >= 0.3 is 0 Å². The Morgan fingerprint density at radius 2 is 1.05 bits per heavy atom. The average molecular weight is 285 g/mol. The van der Waals surface area contributed by atoms with Gasteiger partial charge in [0.2, 0.25) is 0 Å².